The van der Waals surface area contributed by atoms with Crippen molar-refractivity contribution in [1.82, 2.24) is 19.1 Å². The van der Waals surface area contributed by atoms with Crippen molar-refractivity contribution in [3.8, 4) is 5.88 Å². The Balaban J connectivity index is 1.78. The second-order valence-electron chi connectivity index (χ2n) is 7.31. The Morgan fingerprint density at radius 1 is 1.28 bits per heavy atom. The zero-order valence-corrected chi connectivity index (χ0v) is 17.4. The average molecular weight is 432 g/mol. The van der Waals surface area contributed by atoms with Crippen LogP contribution < -0.4 is 4.74 Å². The van der Waals surface area contributed by atoms with Crippen LogP contribution in [0.1, 0.15) is 43.3 Å². The predicted octanol–water partition coefficient (Wildman–Crippen LogP) is 3.34. The van der Waals surface area contributed by atoms with Gasteiger partial charge < -0.3 is 4.74 Å². The van der Waals surface area contributed by atoms with Gasteiger partial charge in [-0.15, -0.1) is 0 Å². The van der Waals surface area contributed by atoms with Gasteiger partial charge in [0.15, 0.2) is 0 Å². The van der Waals surface area contributed by atoms with Gasteiger partial charge in [0.25, 0.3) is 0 Å². The molecule has 0 spiro atoms. The fraction of sp³-hybridized carbons (Fsp3) is 0.556. The van der Waals surface area contributed by atoms with Gasteiger partial charge in [-0.2, -0.15) is 22.6 Å². The van der Waals surface area contributed by atoms with Gasteiger partial charge in [-0.3, -0.25) is 4.68 Å². The van der Waals surface area contributed by atoms with E-state index in [1.807, 2.05) is 13.8 Å². The Hall–Kier alpha value is -2.14. The Labute approximate surface area is 167 Å². The second kappa shape index (κ2) is 7.60. The van der Waals surface area contributed by atoms with E-state index < -0.39 is 27.9 Å². The second-order valence-corrected chi connectivity index (χ2v) is 9.19. The van der Waals surface area contributed by atoms with Crippen molar-refractivity contribution in [2.45, 2.75) is 57.3 Å². The highest BCUT2D eigenvalue weighted by atomic mass is 32.2. The van der Waals surface area contributed by atoms with Gasteiger partial charge in [0.2, 0.25) is 15.9 Å². The number of sulfonamides is 1. The molecule has 1 aliphatic rings. The lowest BCUT2D eigenvalue weighted by Gasteiger charge is -2.18. The first-order chi connectivity index (χ1) is 13.4. The van der Waals surface area contributed by atoms with Crippen molar-refractivity contribution in [2.75, 3.05) is 13.1 Å². The average Bonchev–Trinajstić information content (AvgIpc) is 3.19. The van der Waals surface area contributed by atoms with E-state index in [9.17, 15) is 21.6 Å². The number of halogens is 3. The van der Waals surface area contributed by atoms with Crippen molar-refractivity contribution < 1.29 is 26.3 Å². The fourth-order valence-electron chi connectivity index (χ4n) is 3.49. The minimum Gasteiger partial charge on any atom is -0.473 e. The Bertz CT molecular complexity index is 1000. The molecule has 1 saturated heterocycles. The lowest BCUT2D eigenvalue weighted by Crippen LogP contribution is -2.31. The van der Waals surface area contributed by atoms with Crippen molar-refractivity contribution in [2.24, 2.45) is 0 Å². The highest BCUT2D eigenvalue weighted by Crippen LogP contribution is 2.32. The molecule has 0 unspecified atom stereocenters. The van der Waals surface area contributed by atoms with E-state index in [1.165, 1.54) is 4.31 Å². The first kappa shape index (κ1) is 21.6. The molecule has 0 radical (unpaired) electrons. The van der Waals surface area contributed by atoms with Crippen LogP contribution in [0.25, 0.3) is 0 Å². The van der Waals surface area contributed by atoms with E-state index in [0.717, 1.165) is 18.3 Å². The zero-order valence-electron chi connectivity index (χ0n) is 16.6. The molecule has 2 aromatic rings. The molecule has 1 atom stereocenters. The Morgan fingerprint density at radius 2 is 1.97 bits per heavy atom. The first-order valence-corrected chi connectivity index (χ1v) is 10.6. The lowest BCUT2D eigenvalue weighted by atomic mass is 10.2. The Kier molecular flexibility index (Phi) is 5.65. The normalized spacial score (nSPS) is 18.6. The Morgan fingerprint density at radius 3 is 2.55 bits per heavy atom. The summed E-state index contributed by atoms with van der Waals surface area (Å²) in [6.45, 7) is 7.43. The molecule has 29 heavy (non-hydrogen) atoms. The summed E-state index contributed by atoms with van der Waals surface area (Å²) in [5.41, 5.74) is 0.110. The third-order valence-electron chi connectivity index (χ3n) is 4.80. The van der Waals surface area contributed by atoms with Crippen LogP contribution >= 0.6 is 0 Å². The third-order valence-corrected chi connectivity index (χ3v) is 6.92. The fourth-order valence-corrected chi connectivity index (χ4v) is 5.33. The number of hydrogen-bond acceptors (Lipinski definition) is 5. The summed E-state index contributed by atoms with van der Waals surface area (Å²) in [5.74, 6) is -0.177. The summed E-state index contributed by atoms with van der Waals surface area (Å²) >= 11 is 0. The molecule has 0 amide bonds. The van der Waals surface area contributed by atoms with E-state index in [2.05, 4.69) is 10.1 Å². The molecule has 0 bridgehead atoms. The molecule has 0 saturated carbocycles. The number of pyridine rings is 1. The van der Waals surface area contributed by atoms with Gasteiger partial charge in [0.05, 0.1) is 23.5 Å². The quantitative estimate of drug-likeness (QED) is 0.724. The lowest BCUT2D eigenvalue weighted by molar-refractivity contribution is -0.137. The van der Waals surface area contributed by atoms with E-state index in [0.29, 0.717) is 17.8 Å². The third kappa shape index (κ3) is 4.25. The standard InChI is InChI=1S/C18H23F3N4O3S/c1-11(2)25-13(4)17(12(3)23-25)29(26,27)24-8-6-15(10-24)28-16-9-14(5-7-22-16)18(19,20)21/h5,7,9,11,15H,6,8,10H2,1-4H3/t15-/m0/s1. The summed E-state index contributed by atoms with van der Waals surface area (Å²) in [4.78, 5) is 3.98. The summed E-state index contributed by atoms with van der Waals surface area (Å²) in [6.07, 6.45) is -3.71. The van der Waals surface area contributed by atoms with Gasteiger partial charge in [-0.05, 0) is 40.2 Å². The van der Waals surface area contributed by atoms with Gasteiger partial charge >= 0.3 is 6.18 Å². The maximum Gasteiger partial charge on any atom is 0.416 e. The van der Waals surface area contributed by atoms with E-state index >= 15 is 0 Å². The van der Waals surface area contributed by atoms with Crippen LogP contribution in [-0.4, -0.2) is 46.7 Å². The molecule has 3 heterocycles. The number of rotatable bonds is 5. The number of aromatic nitrogens is 3. The van der Waals surface area contributed by atoms with Crippen molar-refractivity contribution in [1.29, 1.82) is 0 Å². The molecule has 0 N–H and O–H groups in total. The smallest absolute Gasteiger partial charge is 0.416 e. The molecule has 3 rings (SSSR count). The van der Waals surface area contributed by atoms with Crippen LogP contribution in [0.5, 0.6) is 5.88 Å². The molecule has 1 aliphatic heterocycles. The summed E-state index contributed by atoms with van der Waals surface area (Å²) in [7, 11) is -3.80. The molecule has 160 valence electrons. The van der Waals surface area contributed by atoms with Gasteiger partial charge in [-0.25, -0.2) is 13.4 Å². The molecule has 2 aromatic heterocycles. The van der Waals surface area contributed by atoms with E-state index in [4.69, 9.17) is 4.74 Å². The number of nitrogens with zero attached hydrogens (tertiary/aromatic N) is 4. The van der Waals surface area contributed by atoms with Crippen LogP contribution in [0.4, 0.5) is 13.2 Å². The van der Waals surface area contributed by atoms with Gasteiger partial charge in [0, 0.05) is 24.8 Å². The van der Waals surface area contributed by atoms with E-state index in [-0.39, 0.29) is 29.9 Å². The van der Waals surface area contributed by atoms with Gasteiger partial charge in [-0.1, -0.05) is 0 Å². The van der Waals surface area contributed by atoms with Crippen LogP contribution in [0.2, 0.25) is 0 Å². The van der Waals surface area contributed by atoms with Crippen LogP contribution in [0.15, 0.2) is 23.2 Å². The molecule has 0 aromatic carbocycles. The largest absolute Gasteiger partial charge is 0.473 e. The van der Waals surface area contributed by atoms with Crippen molar-refractivity contribution >= 4 is 10.0 Å². The number of alkyl halides is 3. The topological polar surface area (TPSA) is 77.3 Å². The number of hydrogen-bond donors (Lipinski definition) is 0. The number of aryl methyl sites for hydroxylation is 1. The zero-order chi connectivity index (χ0) is 21.6. The summed E-state index contributed by atoms with van der Waals surface area (Å²) in [6, 6.07) is 1.69. The summed E-state index contributed by atoms with van der Waals surface area (Å²) < 4.78 is 73.3. The monoisotopic (exact) mass is 432 g/mol. The predicted molar refractivity (Wildman–Crippen MR) is 99.1 cm³/mol. The maximum atomic E-state index is 13.1. The minimum atomic E-state index is -4.50. The van der Waals surface area contributed by atoms with Crippen LogP contribution in [-0.2, 0) is 16.2 Å². The molecule has 11 heteroatoms. The molecular weight excluding hydrogens is 409 g/mol. The molecular formula is C18H23F3N4O3S. The molecule has 7 nitrogen and oxygen atoms in total. The van der Waals surface area contributed by atoms with Crippen LogP contribution in [0, 0.1) is 13.8 Å². The molecule has 1 fully saturated rings. The molecule has 0 aliphatic carbocycles. The highest BCUT2D eigenvalue weighted by Gasteiger charge is 2.37. The highest BCUT2D eigenvalue weighted by molar-refractivity contribution is 7.89. The van der Waals surface area contributed by atoms with Crippen LogP contribution in [0.3, 0.4) is 0 Å². The van der Waals surface area contributed by atoms with Crippen molar-refractivity contribution in [3.63, 3.8) is 0 Å². The van der Waals surface area contributed by atoms with Gasteiger partial charge in [0.1, 0.15) is 11.0 Å². The first-order valence-electron chi connectivity index (χ1n) is 9.17. The van der Waals surface area contributed by atoms with Crippen molar-refractivity contribution in [3.05, 3.63) is 35.3 Å². The van der Waals surface area contributed by atoms with E-state index in [1.54, 1.807) is 18.5 Å². The summed E-state index contributed by atoms with van der Waals surface area (Å²) in [5, 5.41) is 4.33. The number of ether oxygens (including phenoxy) is 1. The minimum absolute atomic E-state index is 0.0132. The maximum absolute atomic E-state index is 13.1. The SMILES string of the molecule is Cc1nn(C(C)C)c(C)c1S(=O)(=O)N1CC[C@H](Oc2cc(C(F)(F)F)ccn2)C1.